The minimum Gasteiger partial charge on any atom is -0.351 e. The average Bonchev–Trinajstić information content (AvgIpc) is 3.41. The van der Waals surface area contributed by atoms with Crippen LogP contribution in [0.25, 0.3) is 11.1 Å². The first-order valence-corrected chi connectivity index (χ1v) is 9.88. The summed E-state index contributed by atoms with van der Waals surface area (Å²) in [5.74, 6) is 0.830. The monoisotopic (exact) mass is 374 g/mol. The van der Waals surface area contributed by atoms with Gasteiger partial charge in [-0.1, -0.05) is 48.5 Å². The summed E-state index contributed by atoms with van der Waals surface area (Å²) >= 11 is 0. The standard InChI is InChI=1S/C23H26N4O/c28-23(15-25-13-18-5-6-18)26-14-21-3-1-2-4-22(21)20-9-7-19(8-10-20)16-27-12-11-24-17-27/h1-4,7-12,17-18,25H,5-6,13-16H2,(H,26,28). The molecule has 1 heterocycles. The summed E-state index contributed by atoms with van der Waals surface area (Å²) in [4.78, 5) is 16.2. The van der Waals surface area contributed by atoms with Crippen LogP contribution in [-0.4, -0.2) is 28.5 Å². The minimum atomic E-state index is 0.0473. The van der Waals surface area contributed by atoms with E-state index < -0.39 is 0 Å². The molecule has 1 amide bonds. The van der Waals surface area contributed by atoms with Crippen molar-refractivity contribution in [2.24, 2.45) is 5.92 Å². The van der Waals surface area contributed by atoms with E-state index in [-0.39, 0.29) is 5.91 Å². The van der Waals surface area contributed by atoms with Gasteiger partial charge in [-0.15, -0.1) is 0 Å². The molecule has 5 nitrogen and oxygen atoms in total. The van der Waals surface area contributed by atoms with Crippen molar-refractivity contribution >= 4 is 5.91 Å². The molecule has 0 saturated heterocycles. The lowest BCUT2D eigenvalue weighted by Gasteiger charge is -2.12. The molecule has 3 aromatic rings. The molecule has 1 fully saturated rings. The van der Waals surface area contributed by atoms with Gasteiger partial charge < -0.3 is 15.2 Å². The predicted octanol–water partition coefficient (Wildman–Crippen LogP) is 3.21. The third-order valence-corrected chi connectivity index (χ3v) is 5.10. The Morgan fingerprint density at radius 1 is 1.11 bits per heavy atom. The first-order chi connectivity index (χ1) is 13.8. The summed E-state index contributed by atoms with van der Waals surface area (Å²) < 4.78 is 2.05. The maximum Gasteiger partial charge on any atom is 0.234 e. The maximum atomic E-state index is 12.1. The van der Waals surface area contributed by atoms with Crippen LogP contribution in [0.2, 0.25) is 0 Å². The van der Waals surface area contributed by atoms with Gasteiger partial charge in [-0.3, -0.25) is 4.79 Å². The third-order valence-electron chi connectivity index (χ3n) is 5.10. The quantitative estimate of drug-likeness (QED) is 0.605. The van der Waals surface area contributed by atoms with Crippen molar-refractivity contribution in [3.8, 4) is 11.1 Å². The highest BCUT2D eigenvalue weighted by atomic mass is 16.1. The molecule has 0 spiro atoms. The Morgan fingerprint density at radius 3 is 2.68 bits per heavy atom. The van der Waals surface area contributed by atoms with Gasteiger partial charge in [0.1, 0.15) is 0 Å². The fraction of sp³-hybridized carbons (Fsp3) is 0.304. The van der Waals surface area contributed by atoms with Crippen LogP contribution in [-0.2, 0) is 17.9 Å². The van der Waals surface area contributed by atoms with Gasteiger partial charge in [0, 0.05) is 25.5 Å². The molecular weight excluding hydrogens is 348 g/mol. The Bertz CT molecular complexity index is 899. The normalized spacial score (nSPS) is 13.4. The summed E-state index contributed by atoms with van der Waals surface area (Å²) in [5.41, 5.74) is 4.67. The van der Waals surface area contributed by atoms with Crippen LogP contribution in [0.4, 0.5) is 0 Å². The molecule has 0 radical (unpaired) electrons. The number of nitrogens with zero attached hydrogens (tertiary/aromatic N) is 2. The number of nitrogens with one attached hydrogen (secondary N) is 2. The van der Waals surface area contributed by atoms with Crippen molar-refractivity contribution < 1.29 is 4.79 Å². The van der Waals surface area contributed by atoms with E-state index >= 15 is 0 Å². The lowest BCUT2D eigenvalue weighted by atomic mass is 9.98. The Kier molecular flexibility index (Phi) is 5.83. The third kappa shape index (κ3) is 5.08. The molecule has 0 aliphatic heterocycles. The van der Waals surface area contributed by atoms with Crippen molar-refractivity contribution in [1.82, 2.24) is 20.2 Å². The van der Waals surface area contributed by atoms with Crippen LogP contribution in [0.15, 0.2) is 67.3 Å². The van der Waals surface area contributed by atoms with Crippen LogP contribution in [0.1, 0.15) is 24.0 Å². The van der Waals surface area contributed by atoms with Crippen LogP contribution in [0.3, 0.4) is 0 Å². The number of rotatable bonds is 9. The van der Waals surface area contributed by atoms with Crippen LogP contribution >= 0.6 is 0 Å². The van der Waals surface area contributed by atoms with Crippen molar-refractivity contribution in [1.29, 1.82) is 0 Å². The molecular formula is C23H26N4O. The van der Waals surface area contributed by atoms with E-state index in [4.69, 9.17) is 0 Å². The van der Waals surface area contributed by atoms with E-state index in [1.165, 1.54) is 18.4 Å². The molecule has 1 aromatic heterocycles. The van der Waals surface area contributed by atoms with Crippen LogP contribution in [0, 0.1) is 5.92 Å². The Labute approximate surface area is 165 Å². The van der Waals surface area contributed by atoms with Gasteiger partial charge in [0.15, 0.2) is 0 Å². The van der Waals surface area contributed by atoms with Gasteiger partial charge in [-0.2, -0.15) is 0 Å². The zero-order valence-corrected chi connectivity index (χ0v) is 16.0. The molecule has 4 rings (SSSR count). The second kappa shape index (κ2) is 8.85. The number of hydrogen-bond acceptors (Lipinski definition) is 3. The molecule has 0 atom stereocenters. The second-order valence-electron chi connectivity index (χ2n) is 7.44. The van der Waals surface area contributed by atoms with Gasteiger partial charge in [0.05, 0.1) is 12.9 Å². The molecule has 2 aromatic carbocycles. The fourth-order valence-corrected chi connectivity index (χ4v) is 3.30. The highest BCUT2D eigenvalue weighted by Gasteiger charge is 2.20. The van der Waals surface area contributed by atoms with E-state index in [9.17, 15) is 4.79 Å². The lowest BCUT2D eigenvalue weighted by Crippen LogP contribution is -2.34. The smallest absolute Gasteiger partial charge is 0.234 e. The van der Waals surface area contributed by atoms with Gasteiger partial charge in [-0.25, -0.2) is 4.98 Å². The van der Waals surface area contributed by atoms with Gasteiger partial charge in [0.25, 0.3) is 0 Å². The molecule has 5 heteroatoms. The topological polar surface area (TPSA) is 59.0 Å². The summed E-state index contributed by atoms with van der Waals surface area (Å²) in [5, 5.41) is 6.27. The largest absolute Gasteiger partial charge is 0.351 e. The summed E-state index contributed by atoms with van der Waals surface area (Å²) in [6.45, 7) is 2.69. The average molecular weight is 374 g/mol. The van der Waals surface area contributed by atoms with E-state index in [2.05, 4.69) is 56.6 Å². The Hall–Kier alpha value is -2.92. The van der Waals surface area contributed by atoms with E-state index in [1.807, 2.05) is 24.7 Å². The Balaban J connectivity index is 1.37. The number of imidazole rings is 1. The molecule has 0 unspecified atom stereocenters. The second-order valence-corrected chi connectivity index (χ2v) is 7.44. The molecule has 2 N–H and O–H groups in total. The number of hydrogen-bond donors (Lipinski definition) is 2. The zero-order chi connectivity index (χ0) is 19.2. The highest BCUT2D eigenvalue weighted by molar-refractivity contribution is 5.78. The van der Waals surface area contributed by atoms with Crippen molar-refractivity contribution in [3.63, 3.8) is 0 Å². The maximum absolute atomic E-state index is 12.1. The predicted molar refractivity (Wildman–Crippen MR) is 111 cm³/mol. The van der Waals surface area contributed by atoms with Crippen LogP contribution < -0.4 is 10.6 Å². The lowest BCUT2D eigenvalue weighted by molar-refractivity contribution is -0.120. The number of amides is 1. The minimum absolute atomic E-state index is 0.0473. The van der Waals surface area contributed by atoms with Crippen molar-refractivity contribution in [2.75, 3.05) is 13.1 Å². The summed E-state index contributed by atoms with van der Waals surface area (Å²) in [7, 11) is 0. The molecule has 0 bridgehead atoms. The molecule has 1 aliphatic rings. The zero-order valence-electron chi connectivity index (χ0n) is 16.0. The first kappa shape index (κ1) is 18.4. The Morgan fingerprint density at radius 2 is 1.93 bits per heavy atom. The summed E-state index contributed by atoms with van der Waals surface area (Å²) in [6, 6.07) is 16.8. The van der Waals surface area contributed by atoms with Crippen molar-refractivity contribution in [2.45, 2.75) is 25.9 Å². The van der Waals surface area contributed by atoms with Gasteiger partial charge >= 0.3 is 0 Å². The number of carbonyl (C=O) groups excluding carboxylic acids is 1. The summed E-state index contributed by atoms with van der Waals surface area (Å²) in [6.07, 6.45) is 8.17. The van der Waals surface area contributed by atoms with Gasteiger partial charge in [0.2, 0.25) is 5.91 Å². The fourth-order valence-electron chi connectivity index (χ4n) is 3.30. The molecule has 28 heavy (non-hydrogen) atoms. The number of aromatic nitrogens is 2. The van der Waals surface area contributed by atoms with Crippen LogP contribution in [0.5, 0.6) is 0 Å². The van der Waals surface area contributed by atoms with E-state index in [1.54, 1.807) is 6.20 Å². The van der Waals surface area contributed by atoms with E-state index in [0.29, 0.717) is 13.1 Å². The first-order valence-electron chi connectivity index (χ1n) is 9.88. The molecule has 144 valence electrons. The molecule has 1 saturated carbocycles. The SMILES string of the molecule is O=C(CNCC1CC1)NCc1ccccc1-c1ccc(Cn2ccnc2)cc1. The van der Waals surface area contributed by atoms with E-state index in [0.717, 1.165) is 35.7 Å². The van der Waals surface area contributed by atoms with Crippen molar-refractivity contribution in [3.05, 3.63) is 78.4 Å². The van der Waals surface area contributed by atoms with Gasteiger partial charge in [-0.05, 0) is 47.6 Å². The number of benzene rings is 2. The highest BCUT2D eigenvalue weighted by Crippen LogP contribution is 2.27. The molecule has 1 aliphatic carbocycles. The number of carbonyl (C=O) groups is 1.